The summed E-state index contributed by atoms with van der Waals surface area (Å²) in [7, 11) is 1.41. The lowest BCUT2D eigenvalue weighted by atomic mass is 10.1. The van der Waals surface area contributed by atoms with E-state index in [0.29, 0.717) is 41.2 Å². The number of carbonyl (C=O) groups excluding carboxylic acids is 2. The lowest BCUT2D eigenvalue weighted by Crippen LogP contribution is -2.41. The van der Waals surface area contributed by atoms with Crippen molar-refractivity contribution in [3.63, 3.8) is 0 Å². The lowest BCUT2D eigenvalue weighted by Gasteiger charge is -2.25. The minimum atomic E-state index is -0.354. The second-order valence-corrected chi connectivity index (χ2v) is 7.33. The number of nitrogens with one attached hydrogen (secondary N) is 2. The molecule has 0 atom stereocenters. The largest absolute Gasteiger partial charge is 0.503 e. The van der Waals surface area contributed by atoms with Crippen molar-refractivity contribution in [1.29, 1.82) is 0 Å². The molecule has 3 N–H and O–H groups in total. The van der Waals surface area contributed by atoms with E-state index in [2.05, 4.69) is 26.6 Å². The number of halogens is 1. The molecule has 9 heteroatoms. The normalized spacial score (nSPS) is 14.3. The highest BCUT2D eigenvalue weighted by Gasteiger charge is 2.15. The first-order chi connectivity index (χ1) is 14.0. The van der Waals surface area contributed by atoms with Gasteiger partial charge in [-0.15, -0.1) is 0 Å². The van der Waals surface area contributed by atoms with Crippen LogP contribution in [0.5, 0.6) is 11.5 Å². The number of rotatable bonds is 6. The Bertz CT molecular complexity index is 882. The molecule has 1 saturated heterocycles. The van der Waals surface area contributed by atoms with Gasteiger partial charge in [-0.2, -0.15) is 0 Å². The molecular weight excluding hydrogens is 442 g/mol. The van der Waals surface area contributed by atoms with Gasteiger partial charge in [0, 0.05) is 30.0 Å². The maximum absolute atomic E-state index is 12.5. The highest BCUT2D eigenvalue weighted by atomic mass is 79.9. The van der Waals surface area contributed by atoms with Crippen molar-refractivity contribution in [1.82, 2.24) is 4.90 Å². The third kappa shape index (κ3) is 5.69. The molecule has 1 aliphatic heterocycles. The van der Waals surface area contributed by atoms with Crippen LogP contribution in [0.3, 0.4) is 0 Å². The summed E-state index contributed by atoms with van der Waals surface area (Å²) < 4.78 is 10.7. The van der Waals surface area contributed by atoms with E-state index in [-0.39, 0.29) is 23.3 Å². The number of anilines is 2. The highest BCUT2D eigenvalue weighted by molar-refractivity contribution is 9.10. The van der Waals surface area contributed by atoms with E-state index in [1.165, 1.54) is 19.2 Å². The number of carbonyl (C=O) groups is 2. The first-order valence-electron chi connectivity index (χ1n) is 9.04. The second-order valence-electron chi connectivity index (χ2n) is 6.48. The Morgan fingerprint density at radius 1 is 1.14 bits per heavy atom. The Kier molecular flexibility index (Phi) is 7.08. The Morgan fingerprint density at radius 2 is 1.76 bits per heavy atom. The van der Waals surface area contributed by atoms with Gasteiger partial charge in [0.2, 0.25) is 5.91 Å². The fraction of sp³-hybridized carbons (Fsp3) is 0.300. The van der Waals surface area contributed by atoms with Crippen molar-refractivity contribution in [2.24, 2.45) is 0 Å². The fourth-order valence-electron chi connectivity index (χ4n) is 2.86. The molecule has 1 aliphatic rings. The van der Waals surface area contributed by atoms with Crippen molar-refractivity contribution in [2.45, 2.75) is 0 Å². The number of phenols is 1. The van der Waals surface area contributed by atoms with E-state index in [1.54, 1.807) is 24.3 Å². The van der Waals surface area contributed by atoms with Crippen LogP contribution >= 0.6 is 15.9 Å². The molecule has 29 heavy (non-hydrogen) atoms. The van der Waals surface area contributed by atoms with Crippen molar-refractivity contribution < 1.29 is 24.2 Å². The van der Waals surface area contributed by atoms with E-state index >= 15 is 0 Å². The zero-order valence-electron chi connectivity index (χ0n) is 15.9. The van der Waals surface area contributed by atoms with Crippen LogP contribution in [0.25, 0.3) is 0 Å². The van der Waals surface area contributed by atoms with Crippen molar-refractivity contribution >= 4 is 39.1 Å². The van der Waals surface area contributed by atoms with Crippen molar-refractivity contribution in [3.8, 4) is 11.5 Å². The van der Waals surface area contributed by atoms with Crippen LogP contribution in [0, 0.1) is 0 Å². The molecule has 154 valence electrons. The van der Waals surface area contributed by atoms with Gasteiger partial charge < -0.3 is 25.2 Å². The molecule has 0 unspecified atom stereocenters. The minimum Gasteiger partial charge on any atom is -0.503 e. The van der Waals surface area contributed by atoms with E-state index in [1.807, 2.05) is 4.90 Å². The summed E-state index contributed by atoms with van der Waals surface area (Å²) in [5, 5.41) is 15.5. The minimum absolute atomic E-state index is 0.0683. The number of hydrogen-bond acceptors (Lipinski definition) is 6. The average Bonchev–Trinajstić information content (AvgIpc) is 2.72. The highest BCUT2D eigenvalue weighted by Crippen LogP contribution is 2.35. The zero-order valence-corrected chi connectivity index (χ0v) is 17.5. The van der Waals surface area contributed by atoms with Gasteiger partial charge in [0.15, 0.2) is 11.5 Å². The maximum Gasteiger partial charge on any atom is 0.255 e. The van der Waals surface area contributed by atoms with E-state index in [4.69, 9.17) is 9.47 Å². The van der Waals surface area contributed by atoms with Gasteiger partial charge in [-0.05, 0) is 52.3 Å². The molecule has 0 aliphatic carbocycles. The van der Waals surface area contributed by atoms with E-state index in [9.17, 15) is 14.7 Å². The Morgan fingerprint density at radius 3 is 2.38 bits per heavy atom. The summed E-state index contributed by atoms with van der Waals surface area (Å²) in [4.78, 5) is 26.7. The molecule has 1 heterocycles. The fourth-order valence-corrected chi connectivity index (χ4v) is 3.31. The van der Waals surface area contributed by atoms with Crippen LogP contribution in [0.15, 0.2) is 40.9 Å². The van der Waals surface area contributed by atoms with Crippen LogP contribution in [-0.2, 0) is 9.53 Å². The summed E-state index contributed by atoms with van der Waals surface area (Å²) in [6, 6.07) is 9.81. The van der Waals surface area contributed by atoms with Crippen LogP contribution in [0.4, 0.5) is 11.4 Å². The molecule has 8 nitrogen and oxygen atoms in total. The van der Waals surface area contributed by atoms with Crippen LogP contribution in [0.1, 0.15) is 10.4 Å². The van der Waals surface area contributed by atoms with Crippen molar-refractivity contribution in [3.05, 3.63) is 46.4 Å². The topological polar surface area (TPSA) is 100 Å². The molecule has 0 saturated carbocycles. The van der Waals surface area contributed by atoms with Crippen LogP contribution < -0.4 is 15.4 Å². The number of morpholine rings is 1. The Balaban J connectivity index is 1.58. The van der Waals surface area contributed by atoms with Crippen molar-refractivity contribution in [2.75, 3.05) is 50.6 Å². The van der Waals surface area contributed by atoms with Gasteiger partial charge in [0.25, 0.3) is 5.91 Å². The number of benzene rings is 2. The first kappa shape index (κ1) is 21.1. The molecule has 2 amide bonds. The van der Waals surface area contributed by atoms with Gasteiger partial charge in [-0.1, -0.05) is 0 Å². The maximum atomic E-state index is 12.5. The summed E-state index contributed by atoms with van der Waals surface area (Å²) in [5.74, 6) is -0.318. The summed E-state index contributed by atoms with van der Waals surface area (Å²) in [6.45, 7) is 3.10. The lowest BCUT2D eigenvalue weighted by molar-refractivity contribution is -0.118. The number of nitrogens with zero attached hydrogens (tertiary/aromatic N) is 1. The zero-order chi connectivity index (χ0) is 20.8. The quantitative estimate of drug-likeness (QED) is 0.608. The molecule has 2 aromatic carbocycles. The summed E-state index contributed by atoms with van der Waals surface area (Å²) >= 11 is 3.20. The number of hydrogen-bond donors (Lipinski definition) is 3. The molecule has 0 radical (unpaired) electrons. The van der Waals surface area contributed by atoms with Gasteiger partial charge in [0.05, 0.1) is 31.3 Å². The molecule has 0 spiro atoms. The van der Waals surface area contributed by atoms with Crippen LogP contribution in [0.2, 0.25) is 0 Å². The Hall–Kier alpha value is -2.62. The Labute approximate surface area is 176 Å². The predicted molar refractivity (Wildman–Crippen MR) is 113 cm³/mol. The monoisotopic (exact) mass is 463 g/mol. The first-order valence-corrected chi connectivity index (χ1v) is 9.83. The smallest absolute Gasteiger partial charge is 0.255 e. The second kappa shape index (κ2) is 9.73. The molecule has 0 bridgehead atoms. The van der Waals surface area contributed by atoms with E-state index in [0.717, 1.165) is 13.1 Å². The van der Waals surface area contributed by atoms with Gasteiger partial charge >= 0.3 is 0 Å². The third-order valence-electron chi connectivity index (χ3n) is 4.41. The standard InChI is InChI=1S/C20H22BrN3O5/c1-28-17-11-13(10-16(21)19(17)26)20(27)23-15-4-2-14(3-5-15)22-18(25)12-24-6-8-29-9-7-24/h2-5,10-11,26H,6-9,12H2,1H3,(H,22,25)(H,23,27). The molecule has 3 rings (SSSR count). The summed E-state index contributed by atoms with van der Waals surface area (Å²) in [5.41, 5.74) is 1.55. The predicted octanol–water partition coefficient (Wildman–Crippen LogP) is 2.69. The molecule has 2 aromatic rings. The van der Waals surface area contributed by atoms with Crippen LogP contribution in [-0.4, -0.2) is 61.8 Å². The van der Waals surface area contributed by atoms with Gasteiger partial charge in [-0.3, -0.25) is 14.5 Å². The average molecular weight is 464 g/mol. The van der Waals surface area contributed by atoms with Gasteiger partial charge in [0.1, 0.15) is 0 Å². The SMILES string of the molecule is COc1cc(C(=O)Nc2ccc(NC(=O)CN3CCOCC3)cc2)cc(Br)c1O. The number of ether oxygens (including phenoxy) is 2. The molecular formula is C20H22BrN3O5. The van der Waals surface area contributed by atoms with E-state index < -0.39 is 0 Å². The third-order valence-corrected chi connectivity index (χ3v) is 5.01. The number of methoxy groups -OCH3 is 1. The number of aromatic hydroxyl groups is 1. The van der Waals surface area contributed by atoms with Gasteiger partial charge in [-0.25, -0.2) is 0 Å². The molecule has 1 fully saturated rings. The molecule has 0 aromatic heterocycles. The summed E-state index contributed by atoms with van der Waals surface area (Å²) in [6.07, 6.45) is 0. The number of amides is 2. The number of phenolic OH excluding ortho intramolecular Hbond substituents is 1.